The van der Waals surface area contributed by atoms with Gasteiger partial charge in [-0.15, -0.1) is 0 Å². The molecule has 0 aliphatic heterocycles. The molecule has 1 unspecified atom stereocenters. The molecule has 0 heterocycles. The summed E-state index contributed by atoms with van der Waals surface area (Å²) in [7, 11) is 0. The number of hydrogen-bond donors (Lipinski definition) is 3. The summed E-state index contributed by atoms with van der Waals surface area (Å²) < 4.78 is 0. The molecule has 0 radical (unpaired) electrons. The molecule has 0 aliphatic carbocycles. The topological polar surface area (TPSA) is 101 Å². The van der Waals surface area contributed by atoms with Gasteiger partial charge in [0.25, 0.3) is 0 Å². The first-order chi connectivity index (χ1) is 23.6. The van der Waals surface area contributed by atoms with Gasteiger partial charge in [0.1, 0.15) is 11.3 Å². The fraction of sp³-hybridized carbons (Fsp3) is 0.682. The van der Waals surface area contributed by atoms with Gasteiger partial charge in [-0.25, -0.2) is 4.79 Å². The number of carbonyl (C=O) groups excluding carboxylic acids is 1. The van der Waals surface area contributed by atoms with Gasteiger partial charge in [0.05, 0.1) is 0 Å². The fourth-order valence-corrected chi connectivity index (χ4v) is 6.49. The summed E-state index contributed by atoms with van der Waals surface area (Å²) in [5.74, 6) is -1.01. The zero-order valence-electron chi connectivity index (χ0n) is 32.0. The van der Waals surface area contributed by atoms with Crippen LogP contribution in [0.2, 0.25) is 0 Å². The van der Waals surface area contributed by atoms with Crippen LogP contribution in [0, 0.1) is 5.92 Å². The second-order valence-corrected chi connectivity index (χ2v) is 14.9. The Morgan fingerprint density at radius 1 is 0.653 bits per heavy atom. The highest BCUT2D eigenvalue weighted by Gasteiger charge is 2.24. The molecule has 0 fully saturated rings. The lowest BCUT2D eigenvalue weighted by Crippen LogP contribution is -2.42. The van der Waals surface area contributed by atoms with Crippen molar-refractivity contribution in [3.63, 3.8) is 0 Å². The third-order valence-electron chi connectivity index (χ3n) is 9.84. The van der Waals surface area contributed by atoms with Crippen LogP contribution in [0.1, 0.15) is 202 Å². The molecule has 2 rings (SSSR count). The number of nitrogens with two attached hydrogens (primary N) is 1. The predicted octanol–water partition coefficient (Wildman–Crippen LogP) is 12.9. The van der Waals surface area contributed by atoms with Crippen molar-refractivity contribution in [2.45, 2.75) is 187 Å². The Morgan fingerprint density at radius 2 is 1.10 bits per heavy atom. The van der Waals surface area contributed by atoms with Crippen molar-refractivity contribution in [1.82, 2.24) is 0 Å². The second-order valence-electron chi connectivity index (χ2n) is 14.9. The summed E-state index contributed by atoms with van der Waals surface area (Å²) in [6, 6.07) is 14.9. The molecule has 5 nitrogen and oxygen atoms in total. The van der Waals surface area contributed by atoms with Crippen LogP contribution in [0.4, 0.5) is 0 Å². The lowest BCUT2D eigenvalue weighted by molar-refractivity contribution is 0.0693. The van der Waals surface area contributed by atoms with Crippen molar-refractivity contribution in [3.8, 4) is 5.75 Å². The van der Waals surface area contributed by atoms with Crippen LogP contribution in [-0.2, 0) is 6.42 Å². The van der Waals surface area contributed by atoms with Crippen molar-refractivity contribution in [3.05, 3.63) is 65.2 Å². The lowest BCUT2D eigenvalue weighted by Gasteiger charge is -2.31. The van der Waals surface area contributed by atoms with Crippen molar-refractivity contribution in [1.29, 1.82) is 0 Å². The van der Waals surface area contributed by atoms with Crippen LogP contribution in [0.5, 0.6) is 5.75 Å². The second kappa shape index (κ2) is 28.1. The van der Waals surface area contributed by atoms with E-state index in [0.717, 1.165) is 25.7 Å². The lowest BCUT2D eigenvalue weighted by atomic mass is 9.80. The first-order valence-electron chi connectivity index (χ1n) is 20.0. The molecule has 0 spiro atoms. The SMILES string of the molecule is CCCCCCCCCCCC(=O)c1ccc(O)c(C(=O)O)c1.CCCCCCCCCCCCCCC(Cc1ccccc1)C(C)(C)N. The first kappa shape index (κ1) is 44.4. The standard InChI is InChI=1S/C25H45N.C19H28O4/c1-4-5-6-7-8-9-10-11-12-13-14-18-21-24(25(2,3)26)22-23-19-16-15-17-20-23;1-2-3-4-5-6-7-8-9-10-11-17(20)15-12-13-18(21)16(14-15)19(22)23/h15-17,19-20,24H,4-14,18,21-22,26H2,1-3H3;12-14,21H,2-11H2,1H3,(H,22,23). The summed E-state index contributed by atoms with van der Waals surface area (Å²) in [6.45, 7) is 8.89. The Kier molecular flexibility index (Phi) is 25.4. The third kappa shape index (κ3) is 22.6. The first-order valence-corrected chi connectivity index (χ1v) is 20.0. The Bertz CT molecular complexity index is 1110. The summed E-state index contributed by atoms with van der Waals surface area (Å²) in [4.78, 5) is 23.0. The van der Waals surface area contributed by atoms with Gasteiger partial charge >= 0.3 is 5.97 Å². The average Bonchev–Trinajstić information content (AvgIpc) is 3.07. The van der Waals surface area contributed by atoms with Gasteiger partial charge in [-0.2, -0.15) is 0 Å². The van der Waals surface area contributed by atoms with E-state index in [1.165, 1.54) is 146 Å². The number of phenols is 1. The Labute approximate surface area is 300 Å². The van der Waals surface area contributed by atoms with Crippen molar-refractivity contribution < 1.29 is 19.8 Å². The van der Waals surface area contributed by atoms with E-state index in [2.05, 4.69) is 58.0 Å². The van der Waals surface area contributed by atoms with E-state index in [1.807, 2.05) is 0 Å². The fourth-order valence-electron chi connectivity index (χ4n) is 6.49. The molecule has 0 aromatic heterocycles. The smallest absolute Gasteiger partial charge is 0.339 e. The maximum absolute atomic E-state index is 12.1. The molecule has 1 atom stereocenters. The quantitative estimate of drug-likeness (QED) is 0.0614. The number of hydrogen-bond acceptors (Lipinski definition) is 4. The van der Waals surface area contributed by atoms with Crippen LogP contribution in [0.3, 0.4) is 0 Å². The molecule has 4 N–H and O–H groups in total. The largest absolute Gasteiger partial charge is 0.507 e. The highest BCUT2D eigenvalue weighted by Crippen LogP contribution is 2.26. The van der Waals surface area contributed by atoms with Gasteiger partial charge in [-0.3, -0.25) is 4.79 Å². The summed E-state index contributed by atoms with van der Waals surface area (Å²) in [5.41, 5.74) is 7.94. The highest BCUT2D eigenvalue weighted by atomic mass is 16.4. The Balaban J connectivity index is 0.000000494. The zero-order chi connectivity index (χ0) is 36.2. The number of ketones is 1. The molecule has 0 saturated heterocycles. The maximum atomic E-state index is 12.1. The Morgan fingerprint density at radius 3 is 1.55 bits per heavy atom. The monoisotopic (exact) mass is 680 g/mol. The molecule has 2 aromatic rings. The number of benzene rings is 2. The van der Waals surface area contributed by atoms with Gasteiger partial charge < -0.3 is 15.9 Å². The minimum Gasteiger partial charge on any atom is -0.507 e. The van der Waals surface area contributed by atoms with Gasteiger partial charge in [0.2, 0.25) is 0 Å². The zero-order valence-corrected chi connectivity index (χ0v) is 32.0. The van der Waals surface area contributed by atoms with Crippen LogP contribution >= 0.6 is 0 Å². The normalized spacial score (nSPS) is 11.9. The maximum Gasteiger partial charge on any atom is 0.339 e. The summed E-state index contributed by atoms with van der Waals surface area (Å²) in [5, 5.41) is 18.4. The predicted molar refractivity (Wildman–Crippen MR) is 209 cm³/mol. The van der Waals surface area contributed by atoms with Crippen LogP contribution < -0.4 is 5.73 Å². The summed E-state index contributed by atoms with van der Waals surface area (Å²) >= 11 is 0. The molecular formula is C44H73NO4. The molecule has 0 saturated carbocycles. The molecule has 49 heavy (non-hydrogen) atoms. The number of carbonyl (C=O) groups is 2. The molecule has 0 aliphatic rings. The van der Waals surface area contributed by atoms with E-state index in [0.29, 0.717) is 17.9 Å². The molecule has 0 bridgehead atoms. The van der Waals surface area contributed by atoms with Crippen molar-refractivity contribution in [2.24, 2.45) is 11.7 Å². The minimum atomic E-state index is -1.22. The molecular weight excluding hydrogens is 606 g/mol. The molecule has 5 heteroatoms. The van der Waals surface area contributed by atoms with E-state index < -0.39 is 5.97 Å². The van der Waals surface area contributed by atoms with Crippen molar-refractivity contribution in [2.75, 3.05) is 0 Å². The van der Waals surface area contributed by atoms with Gasteiger partial charge in [-0.05, 0) is 62.8 Å². The highest BCUT2D eigenvalue weighted by molar-refractivity contribution is 5.99. The molecule has 0 amide bonds. The minimum absolute atomic E-state index is 0.0598. The molecule has 278 valence electrons. The average molecular weight is 680 g/mol. The molecule has 2 aromatic carbocycles. The number of unbranched alkanes of at least 4 members (excludes halogenated alkanes) is 19. The number of carboxylic acids is 1. The summed E-state index contributed by atoms with van der Waals surface area (Å²) in [6.07, 6.45) is 30.5. The van der Waals surface area contributed by atoms with Gasteiger partial charge in [0, 0.05) is 17.5 Å². The van der Waals surface area contributed by atoms with E-state index in [9.17, 15) is 14.7 Å². The van der Waals surface area contributed by atoms with Crippen LogP contribution in [0.25, 0.3) is 0 Å². The van der Waals surface area contributed by atoms with E-state index in [-0.39, 0.29) is 22.6 Å². The van der Waals surface area contributed by atoms with E-state index >= 15 is 0 Å². The van der Waals surface area contributed by atoms with Gasteiger partial charge in [0.15, 0.2) is 5.78 Å². The van der Waals surface area contributed by atoms with E-state index in [4.69, 9.17) is 10.8 Å². The van der Waals surface area contributed by atoms with Crippen LogP contribution in [0.15, 0.2) is 48.5 Å². The van der Waals surface area contributed by atoms with Crippen LogP contribution in [-0.4, -0.2) is 27.5 Å². The number of aromatic hydroxyl groups is 1. The third-order valence-corrected chi connectivity index (χ3v) is 9.84. The van der Waals surface area contributed by atoms with Gasteiger partial charge in [-0.1, -0.05) is 173 Å². The van der Waals surface area contributed by atoms with E-state index in [1.54, 1.807) is 0 Å². The Hall–Kier alpha value is -2.66. The number of carboxylic acid groups (broad SMARTS) is 1. The van der Waals surface area contributed by atoms with Crippen molar-refractivity contribution >= 4 is 11.8 Å². The number of Topliss-reactive ketones (excluding diaryl/α,β-unsaturated/α-hetero) is 1. The number of rotatable bonds is 28. The number of aromatic carboxylic acids is 1.